The van der Waals surface area contributed by atoms with E-state index in [1.54, 1.807) is 6.07 Å². The van der Waals surface area contributed by atoms with Crippen molar-refractivity contribution in [2.45, 2.75) is 19.1 Å². The number of nitrogens with zero attached hydrogens (tertiary/aromatic N) is 1. The molecular formula is C11H13NO4S. The van der Waals surface area contributed by atoms with Crippen molar-refractivity contribution < 1.29 is 19.8 Å². The van der Waals surface area contributed by atoms with Gasteiger partial charge in [0.05, 0.1) is 11.8 Å². The first kappa shape index (κ1) is 13.8. The van der Waals surface area contributed by atoms with Crippen LogP contribution in [-0.2, 0) is 4.79 Å². The van der Waals surface area contributed by atoms with Gasteiger partial charge in [-0.3, -0.25) is 14.6 Å². The third kappa shape index (κ3) is 3.92. The lowest BCUT2D eigenvalue weighted by molar-refractivity contribution is -0.109. The average Bonchev–Trinajstić information content (AvgIpc) is 2.34. The maximum Gasteiger partial charge on any atom is 0.185 e. The van der Waals surface area contributed by atoms with E-state index in [9.17, 15) is 19.8 Å². The third-order valence-electron chi connectivity index (χ3n) is 2.10. The minimum atomic E-state index is -1.27. The van der Waals surface area contributed by atoms with Gasteiger partial charge in [0.15, 0.2) is 11.4 Å². The molecule has 6 heteroatoms. The Balaban J connectivity index is 2.77. The number of rotatable bonds is 5. The summed E-state index contributed by atoms with van der Waals surface area (Å²) in [6.07, 6.45) is -0.423. The van der Waals surface area contributed by atoms with Crippen molar-refractivity contribution in [3.8, 4) is 0 Å². The molecule has 0 bridgehead atoms. The first-order valence-electron chi connectivity index (χ1n) is 4.96. The molecule has 0 spiro atoms. The Morgan fingerprint density at radius 1 is 1.59 bits per heavy atom. The second-order valence-corrected chi connectivity index (χ2v) is 4.61. The Morgan fingerprint density at radius 2 is 2.29 bits per heavy atom. The molecule has 0 aliphatic carbocycles. The van der Waals surface area contributed by atoms with E-state index in [0.29, 0.717) is 6.29 Å². The summed E-state index contributed by atoms with van der Waals surface area (Å²) in [5.74, 6) is 0.0609. The number of pyridine rings is 1. The molecule has 17 heavy (non-hydrogen) atoms. The van der Waals surface area contributed by atoms with Crippen LogP contribution in [0.4, 0.5) is 0 Å². The summed E-state index contributed by atoms with van der Waals surface area (Å²) < 4.78 is 0. The fourth-order valence-electron chi connectivity index (χ4n) is 1.25. The number of aliphatic hydroxyl groups excluding tert-OH is 2. The summed E-state index contributed by atoms with van der Waals surface area (Å²) in [7, 11) is 0. The van der Waals surface area contributed by atoms with Gasteiger partial charge in [0, 0.05) is 24.4 Å². The molecule has 92 valence electrons. The molecule has 0 aliphatic heterocycles. The lowest BCUT2D eigenvalue weighted by Crippen LogP contribution is -2.23. The van der Waals surface area contributed by atoms with E-state index in [4.69, 9.17) is 0 Å². The summed E-state index contributed by atoms with van der Waals surface area (Å²) in [4.78, 5) is 25.3. The SMILES string of the molecule is CC(=O)SCC(O)C(O)c1ncccc1C=O. The predicted molar refractivity (Wildman–Crippen MR) is 63.7 cm³/mol. The van der Waals surface area contributed by atoms with Crippen LogP contribution in [0, 0.1) is 0 Å². The van der Waals surface area contributed by atoms with Crippen LogP contribution in [0.2, 0.25) is 0 Å². The maximum absolute atomic E-state index is 10.7. The molecule has 0 fully saturated rings. The monoisotopic (exact) mass is 255 g/mol. The molecular weight excluding hydrogens is 242 g/mol. The minimum absolute atomic E-state index is 0.0609. The highest BCUT2D eigenvalue weighted by atomic mass is 32.2. The van der Waals surface area contributed by atoms with Crippen molar-refractivity contribution in [2.24, 2.45) is 0 Å². The van der Waals surface area contributed by atoms with Crippen LogP contribution in [0.3, 0.4) is 0 Å². The van der Waals surface area contributed by atoms with E-state index in [2.05, 4.69) is 4.98 Å². The summed E-state index contributed by atoms with van der Waals surface area (Å²) >= 11 is 0.911. The van der Waals surface area contributed by atoms with Crippen LogP contribution in [0.1, 0.15) is 29.1 Å². The highest BCUT2D eigenvalue weighted by molar-refractivity contribution is 8.13. The standard InChI is InChI=1S/C11H13NO4S/c1-7(14)17-6-9(15)11(16)10-8(5-13)3-2-4-12-10/h2-5,9,11,15-16H,6H2,1H3. The molecule has 0 saturated heterocycles. The molecule has 0 saturated carbocycles. The summed E-state index contributed by atoms with van der Waals surface area (Å²) in [5, 5.41) is 19.3. The Bertz CT molecular complexity index is 410. The smallest absolute Gasteiger partial charge is 0.185 e. The summed E-state index contributed by atoms with van der Waals surface area (Å²) in [6, 6.07) is 3.07. The van der Waals surface area contributed by atoms with Crippen LogP contribution in [-0.4, -0.2) is 38.5 Å². The normalized spacial score (nSPS) is 14.1. The zero-order chi connectivity index (χ0) is 12.8. The molecule has 5 nitrogen and oxygen atoms in total. The van der Waals surface area contributed by atoms with E-state index in [1.165, 1.54) is 19.2 Å². The quantitative estimate of drug-likeness (QED) is 0.748. The fraction of sp³-hybridized carbons (Fsp3) is 0.364. The van der Waals surface area contributed by atoms with Crippen LogP contribution in [0.25, 0.3) is 0 Å². The van der Waals surface area contributed by atoms with Crippen molar-refractivity contribution >= 4 is 23.2 Å². The van der Waals surface area contributed by atoms with E-state index in [1.807, 2.05) is 0 Å². The van der Waals surface area contributed by atoms with Gasteiger partial charge in [-0.1, -0.05) is 11.8 Å². The largest absolute Gasteiger partial charge is 0.389 e. The maximum atomic E-state index is 10.7. The van der Waals surface area contributed by atoms with E-state index < -0.39 is 12.2 Å². The topological polar surface area (TPSA) is 87.5 Å². The van der Waals surface area contributed by atoms with Gasteiger partial charge in [-0.05, 0) is 12.1 Å². The van der Waals surface area contributed by atoms with E-state index >= 15 is 0 Å². The van der Waals surface area contributed by atoms with Gasteiger partial charge < -0.3 is 10.2 Å². The highest BCUT2D eigenvalue weighted by Gasteiger charge is 2.22. The Kier molecular flexibility index (Phi) is 5.27. The molecule has 0 radical (unpaired) electrons. The van der Waals surface area contributed by atoms with E-state index in [-0.39, 0.29) is 22.1 Å². The Morgan fingerprint density at radius 3 is 2.88 bits per heavy atom. The number of aromatic nitrogens is 1. The number of hydrogen-bond donors (Lipinski definition) is 2. The summed E-state index contributed by atoms with van der Waals surface area (Å²) in [6.45, 7) is 1.38. The average molecular weight is 255 g/mol. The van der Waals surface area contributed by atoms with Gasteiger partial charge in [-0.15, -0.1) is 0 Å². The number of thioether (sulfide) groups is 1. The van der Waals surface area contributed by atoms with E-state index in [0.717, 1.165) is 11.8 Å². The predicted octanol–water partition coefficient (Wildman–Crippen LogP) is 0.568. The van der Waals surface area contributed by atoms with Crippen LogP contribution >= 0.6 is 11.8 Å². The number of aldehydes is 1. The number of hydrogen-bond acceptors (Lipinski definition) is 6. The van der Waals surface area contributed by atoms with Crippen molar-refractivity contribution in [3.63, 3.8) is 0 Å². The molecule has 0 aromatic carbocycles. The molecule has 2 N–H and O–H groups in total. The van der Waals surface area contributed by atoms with Crippen LogP contribution < -0.4 is 0 Å². The molecule has 2 atom stereocenters. The first-order valence-corrected chi connectivity index (χ1v) is 5.94. The van der Waals surface area contributed by atoms with Crippen LogP contribution in [0.5, 0.6) is 0 Å². The second-order valence-electron chi connectivity index (χ2n) is 3.41. The van der Waals surface area contributed by atoms with Crippen molar-refractivity contribution in [3.05, 3.63) is 29.6 Å². The lowest BCUT2D eigenvalue weighted by Gasteiger charge is -2.17. The summed E-state index contributed by atoms with van der Waals surface area (Å²) in [5.41, 5.74) is 0.353. The highest BCUT2D eigenvalue weighted by Crippen LogP contribution is 2.20. The molecule has 1 aromatic heterocycles. The van der Waals surface area contributed by atoms with Gasteiger partial charge >= 0.3 is 0 Å². The molecule has 2 unspecified atom stereocenters. The fourth-order valence-corrected chi connectivity index (χ4v) is 1.84. The van der Waals surface area contributed by atoms with Crippen molar-refractivity contribution in [2.75, 3.05) is 5.75 Å². The number of carbonyl (C=O) groups is 2. The van der Waals surface area contributed by atoms with Gasteiger partial charge in [0.1, 0.15) is 6.10 Å². The minimum Gasteiger partial charge on any atom is -0.389 e. The van der Waals surface area contributed by atoms with Crippen molar-refractivity contribution in [1.29, 1.82) is 0 Å². The molecule has 0 amide bonds. The van der Waals surface area contributed by atoms with Gasteiger partial charge in [-0.2, -0.15) is 0 Å². The Labute approximate surface area is 103 Å². The lowest BCUT2D eigenvalue weighted by atomic mass is 10.1. The number of aliphatic hydroxyl groups is 2. The third-order valence-corrected chi connectivity index (χ3v) is 3.01. The van der Waals surface area contributed by atoms with Crippen molar-refractivity contribution in [1.82, 2.24) is 4.98 Å². The number of carbonyl (C=O) groups excluding carboxylic acids is 2. The van der Waals surface area contributed by atoms with Gasteiger partial charge in [-0.25, -0.2) is 0 Å². The van der Waals surface area contributed by atoms with Crippen LogP contribution in [0.15, 0.2) is 18.3 Å². The molecule has 1 aromatic rings. The molecule has 0 aliphatic rings. The molecule has 1 rings (SSSR count). The Hall–Kier alpha value is -1.24. The second kappa shape index (κ2) is 6.48. The zero-order valence-electron chi connectivity index (χ0n) is 9.24. The zero-order valence-corrected chi connectivity index (χ0v) is 10.1. The van der Waals surface area contributed by atoms with Gasteiger partial charge in [0.25, 0.3) is 0 Å². The van der Waals surface area contributed by atoms with Gasteiger partial charge in [0.2, 0.25) is 0 Å². The molecule has 1 heterocycles. The first-order chi connectivity index (χ1) is 8.06.